The monoisotopic (exact) mass is 439 g/mol. The molecule has 3 rings (SSSR count). The summed E-state index contributed by atoms with van der Waals surface area (Å²) in [7, 11) is 0. The summed E-state index contributed by atoms with van der Waals surface area (Å²) < 4.78 is 0.406. The Morgan fingerprint density at radius 2 is 1.93 bits per heavy atom. The summed E-state index contributed by atoms with van der Waals surface area (Å²) in [5.74, 6) is -1.89. The normalized spacial score (nSPS) is 15.0. The summed E-state index contributed by atoms with van der Waals surface area (Å²) in [6.45, 7) is 2.22. The zero-order valence-corrected chi connectivity index (χ0v) is 17.8. The second kappa shape index (κ2) is 9.69. The van der Waals surface area contributed by atoms with Crippen LogP contribution in [-0.4, -0.2) is 33.5 Å². The third-order valence-corrected chi connectivity index (χ3v) is 5.88. The van der Waals surface area contributed by atoms with Crippen LogP contribution in [0.3, 0.4) is 0 Å². The Morgan fingerprint density at radius 1 is 1.20 bits per heavy atom. The molecule has 0 spiro atoms. The maximum atomic E-state index is 12.7. The molecular formula is C22H19N2O4S2-. The van der Waals surface area contributed by atoms with E-state index in [1.54, 1.807) is 12.1 Å². The maximum Gasteiger partial charge on any atom is 0.266 e. The van der Waals surface area contributed by atoms with Gasteiger partial charge in [-0.3, -0.25) is 14.5 Å². The van der Waals surface area contributed by atoms with Crippen LogP contribution < -0.4 is 10.4 Å². The van der Waals surface area contributed by atoms with Gasteiger partial charge in [0.1, 0.15) is 4.32 Å². The van der Waals surface area contributed by atoms with E-state index >= 15 is 0 Å². The second-order valence-electron chi connectivity index (χ2n) is 6.59. The molecule has 0 aromatic heterocycles. The lowest BCUT2D eigenvalue weighted by Gasteiger charge is -2.14. The second-order valence-corrected chi connectivity index (χ2v) is 8.27. The van der Waals surface area contributed by atoms with Crippen LogP contribution >= 0.6 is 24.0 Å². The number of thioether (sulfide) groups is 1. The largest absolute Gasteiger partial charge is 0.545 e. The Bertz CT molecular complexity index is 1030. The molecule has 1 heterocycles. The molecule has 30 heavy (non-hydrogen) atoms. The molecule has 6 nitrogen and oxygen atoms in total. The smallest absolute Gasteiger partial charge is 0.266 e. The Hall–Kier alpha value is -2.97. The molecule has 0 radical (unpaired) electrons. The van der Waals surface area contributed by atoms with Crippen LogP contribution in [0.2, 0.25) is 0 Å². The summed E-state index contributed by atoms with van der Waals surface area (Å²) in [6, 6.07) is 13.8. The summed E-state index contributed by atoms with van der Waals surface area (Å²) in [5.41, 5.74) is 2.46. The molecule has 1 fully saturated rings. The third-order valence-electron chi connectivity index (χ3n) is 4.50. The van der Waals surface area contributed by atoms with Gasteiger partial charge >= 0.3 is 0 Å². The number of aryl methyl sites for hydroxylation is 1. The highest BCUT2D eigenvalue weighted by atomic mass is 32.2. The fourth-order valence-corrected chi connectivity index (χ4v) is 4.16. The predicted molar refractivity (Wildman–Crippen MR) is 120 cm³/mol. The minimum atomic E-state index is -1.32. The van der Waals surface area contributed by atoms with Gasteiger partial charge in [-0.05, 0) is 41.3 Å². The van der Waals surface area contributed by atoms with Crippen molar-refractivity contribution in [3.8, 4) is 0 Å². The Kier molecular flexibility index (Phi) is 7.02. The van der Waals surface area contributed by atoms with Crippen molar-refractivity contribution in [3.63, 3.8) is 0 Å². The van der Waals surface area contributed by atoms with Crippen molar-refractivity contribution in [1.29, 1.82) is 0 Å². The fraction of sp³-hybridized carbons (Fsp3) is 0.182. The van der Waals surface area contributed by atoms with E-state index in [0.717, 1.165) is 12.0 Å². The van der Waals surface area contributed by atoms with Gasteiger partial charge in [-0.25, -0.2) is 0 Å². The number of carboxylic acids is 1. The van der Waals surface area contributed by atoms with Crippen molar-refractivity contribution >= 4 is 57.8 Å². The molecule has 154 valence electrons. The zero-order valence-electron chi connectivity index (χ0n) is 16.2. The van der Waals surface area contributed by atoms with Gasteiger partial charge in [-0.1, -0.05) is 67.3 Å². The molecule has 1 aliphatic heterocycles. The van der Waals surface area contributed by atoms with Gasteiger partial charge in [0.05, 0.1) is 10.9 Å². The van der Waals surface area contributed by atoms with E-state index in [1.807, 2.05) is 24.3 Å². The van der Waals surface area contributed by atoms with Crippen LogP contribution in [0.5, 0.6) is 0 Å². The number of rotatable bonds is 7. The average molecular weight is 440 g/mol. The van der Waals surface area contributed by atoms with Gasteiger partial charge < -0.3 is 15.2 Å². The highest BCUT2D eigenvalue weighted by molar-refractivity contribution is 8.26. The number of amides is 2. The van der Waals surface area contributed by atoms with Gasteiger partial charge in [-0.2, -0.15) is 0 Å². The molecular weight excluding hydrogens is 420 g/mol. The van der Waals surface area contributed by atoms with Crippen molar-refractivity contribution < 1.29 is 19.5 Å². The average Bonchev–Trinajstić information content (AvgIpc) is 2.99. The number of aromatic carboxylic acids is 1. The number of carbonyl (C=O) groups excluding carboxylic acids is 3. The van der Waals surface area contributed by atoms with Gasteiger partial charge in [-0.15, -0.1) is 0 Å². The lowest BCUT2D eigenvalue weighted by atomic mass is 10.1. The Morgan fingerprint density at radius 3 is 2.60 bits per heavy atom. The highest BCUT2D eigenvalue weighted by Gasteiger charge is 2.32. The van der Waals surface area contributed by atoms with Crippen LogP contribution in [0.4, 0.5) is 5.69 Å². The van der Waals surface area contributed by atoms with Crippen LogP contribution in [0.1, 0.15) is 34.8 Å². The zero-order chi connectivity index (χ0) is 21.7. The van der Waals surface area contributed by atoms with Crippen molar-refractivity contribution in [3.05, 3.63) is 70.1 Å². The standard InChI is InChI=1S/C22H20N2O4S2/c1-2-14-6-8-15(9-7-14)12-18-20(26)24(22(29)30-18)11-10-19(25)23-17-5-3-4-16(13-17)21(27)28/h3-9,12-13H,2,10-11H2,1H3,(H,23,25)(H,27,28)/p-1/b18-12-. The fourth-order valence-electron chi connectivity index (χ4n) is 2.85. The van der Waals surface area contributed by atoms with Gasteiger partial charge in [0.2, 0.25) is 5.91 Å². The molecule has 0 unspecified atom stereocenters. The summed E-state index contributed by atoms with van der Waals surface area (Å²) in [5, 5.41) is 13.5. The molecule has 2 aromatic rings. The molecule has 2 amide bonds. The lowest BCUT2D eigenvalue weighted by molar-refractivity contribution is -0.255. The van der Waals surface area contributed by atoms with Gasteiger partial charge in [0.15, 0.2) is 0 Å². The van der Waals surface area contributed by atoms with Gasteiger partial charge in [0.25, 0.3) is 5.91 Å². The number of hydrogen-bond acceptors (Lipinski definition) is 6. The summed E-state index contributed by atoms with van der Waals surface area (Å²) >= 11 is 6.51. The molecule has 2 aromatic carbocycles. The van der Waals surface area contributed by atoms with Crippen molar-refractivity contribution in [2.24, 2.45) is 0 Å². The maximum absolute atomic E-state index is 12.7. The molecule has 0 atom stereocenters. The minimum Gasteiger partial charge on any atom is -0.545 e. The number of hydrogen-bond donors (Lipinski definition) is 1. The van der Waals surface area contributed by atoms with E-state index in [-0.39, 0.29) is 30.3 Å². The van der Waals surface area contributed by atoms with Crippen LogP contribution in [0.25, 0.3) is 6.08 Å². The first-order valence-electron chi connectivity index (χ1n) is 9.33. The first-order chi connectivity index (χ1) is 14.4. The molecule has 1 saturated heterocycles. The Balaban J connectivity index is 1.60. The molecule has 1 aliphatic rings. The van der Waals surface area contributed by atoms with E-state index in [9.17, 15) is 19.5 Å². The number of carbonyl (C=O) groups is 3. The van der Waals surface area contributed by atoms with E-state index in [2.05, 4.69) is 12.2 Å². The van der Waals surface area contributed by atoms with Gasteiger partial charge in [0, 0.05) is 18.7 Å². The molecule has 0 bridgehead atoms. The number of nitrogens with zero attached hydrogens (tertiary/aromatic N) is 1. The molecule has 0 aliphatic carbocycles. The predicted octanol–water partition coefficient (Wildman–Crippen LogP) is 2.84. The van der Waals surface area contributed by atoms with Crippen molar-refractivity contribution in [2.45, 2.75) is 19.8 Å². The van der Waals surface area contributed by atoms with Crippen molar-refractivity contribution in [1.82, 2.24) is 4.90 Å². The third kappa shape index (κ3) is 5.34. The summed E-state index contributed by atoms with van der Waals surface area (Å²) in [4.78, 5) is 37.7. The van der Waals surface area contributed by atoms with Crippen LogP contribution in [0, 0.1) is 0 Å². The quantitative estimate of drug-likeness (QED) is 0.527. The van der Waals surface area contributed by atoms with E-state index < -0.39 is 5.97 Å². The first kappa shape index (κ1) is 21.7. The Labute approximate surface area is 184 Å². The van der Waals surface area contributed by atoms with E-state index in [4.69, 9.17) is 12.2 Å². The SMILES string of the molecule is CCc1ccc(/C=C2\SC(=S)N(CCC(=O)Nc3cccc(C(=O)[O-])c3)C2=O)cc1. The number of carboxylic acid groups (broad SMARTS) is 1. The molecule has 1 N–H and O–H groups in total. The minimum absolute atomic E-state index is 0.0261. The van der Waals surface area contributed by atoms with Crippen molar-refractivity contribution in [2.75, 3.05) is 11.9 Å². The number of nitrogens with one attached hydrogen (secondary N) is 1. The topological polar surface area (TPSA) is 89.5 Å². The molecule has 8 heteroatoms. The van der Waals surface area contributed by atoms with E-state index in [0.29, 0.717) is 14.9 Å². The van der Waals surface area contributed by atoms with Crippen LogP contribution in [0.15, 0.2) is 53.4 Å². The van der Waals surface area contributed by atoms with E-state index in [1.165, 1.54) is 40.4 Å². The lowest BCUT2D eigenvalue weighted by Crippen LogP contribution is -2.31. The molecule has 0 saturated carbocycles. The van der Waals surface area contributed by atoms with Crippen LogP contribution in [-0.2, 0) is 16.0 Å². The summed E-state index contributed by atoms with van der Waals surface area (Å²) in [6.07, 6.45) is 2.77. The number of benzene rings is 2. The number of thiocarbonyl (C=S) groups is 1. The highest BCUT2D eigenvalue weighted by Crippen LogP contribution is 2.32. The number of anilines is 1. The first-order valence-corrected chi connectivity index (χ1v) is 10.6.